The van der Waals surface area contributed by atoms with Gasteiger partial charge in [0, 0.05) is 51.0 Å². The van der Waals surface area contributed by atoms with Crippen LogP contribution in [0.25, 0.3) is 139 Å². The number of fused-ring (bicyclic) bond motifs is 6. The number of aromatic nitrogens is 4. The second-order valence-corrected chi connectivity index (χ2v) is 19.6. The second kappa shape index (κ2) is 19.5. The minimum Gasteiger partial charge on any atom is -0.292 e. The van der Waals surface area contributed by atoms with Gasteiger partial charge >= 0.3 is 0 Å². The Bertz CT molecular complexity index is 4460. The van der Waals surface area contributed by atoms with Crippen molar-refractivity contribution in [3.8, 4) is 112 Å². The zero-order valence-corrected chi connectivity index (χ0v) is 42.0. The van der Waals surface area contributed by atoms with Crippen LogP contribution in [-0.2, 0) is 0 Å². The van der Waals surface area contributed by atoms with Crippen molar-refractivity contribution in [1.29, 1.82) is 0 Å². The monoisotopic (exact) mass is 980 g/mol. The van der Waals surface area contributed by atoms with E-state index in [9.17, 15) is 0 Å². The lowest BCUT2D eigenvalue weighted by atomic mass is 9.87. The van der Waals surface area contributed by atoms with Crippen LogP contribution in [0.3, 0.4) is 0 Å². The van der Waals surface area contributed by atoms with Crippen molar-refractivity contribution in [2.45, 2.75) is 0 Å². The molecule has 77 heavy (non-hydrogen) atoms. The Balaban J connectivity index is 0.891. The van der Waals surface area contributed by atoms with E-state index < -0.39 is 0 Å². The zero-order chi connectivity index (χ0) is 51.1. The summed E-state index contributed by atoms with van der Waals surface area (Å²) >= 11 is 0. The zero-order valence-electron chi connectivity index (χ0n) is 42.0. The van der Waals surface area contributed by atoms with Gasteiger partial charge in [-0.15, -0.1) is 0 Å². The molecule has 0 N–H and O–H groups in total. The van der Waals surface area contributed by atoms with E-state index in [1.54, 1.807) is 0 Å². The van der Waals surface area contributed by atoms with Gasteiger partial charge in [-0.25, -0.2) is 4.98 Å². The lowest BCUT2D eigenvalue weighted by Gasteiger charge is -2.18. The van der Waals surface area contributed by atoms with Gasteiger partial charge < -0.3 is 0 Å². The molecule has 4 aromatic heterocycles. The SMILES string of the molecule is c1ccc(-c2ccc(-c3cccc(-c4ccc(-c5ccccc5-c5cc(-c6ccccc6-c6ccc(-c7ccccc7)nc6)cc(-c6ccccc6-c6cnc7c8ccccc8c8ccccc8n67)c5)cn4)c3)cc2)cc1. The topological polar surface area (TPSA) is 43.1 Å². The number of rotatable bonds is 10. The fourth-order valence-electron chi connectivity index (χ4n) is 11.2. The van der Waals surface area contributed by atoms with Crippen molar-refractivity contribution in [2.24, 2.45) is 0 Å². The molecule has 360 valence electrons. The molecule has 10 aromatic carbocycles. The molecule has 0 bridgehead atoms. The quantitative estimate of drug-likeness (QED) is 0.128. The van der Waals surface area contributed by atoms with Gasteiger partial charge in [-0.1, -0.05) is 231 Å². The van der Waals surface area contributed by atoms with E-state index in [0.29, 0.717) is 0 Å². The van der Waals surface area contributed by atoms with Crippen molar-refractivity contribution in [1.82, 2.24) is 19.4 Å². The van der Waals surface area contributed by atoms with E-state index in [4.69, 9.17) is 15.0 Å². The van der Waals surface area contributed by atoms with Gasteiger partial charge in [-0.05, 0) is 115 Å². The summed E-state index contributed by atoms with van der Waals surface area (Å²) in [6.45, 7) is 0. The molecule has 0 spiro atoms. The largest absolute Gasteiger partial charge is 0.292 e. The molecule has 4 heteroatoms. The van der Waals surface area contributed by atoms with Crippen molar-refractivity contribution >= 4 is 27.3 Å². The summed E-state index contributed by atoms with van der Waals surface area (Å²) < 4.78 is 2.34. The number of hydrogen-bond donors (Lipinski definition) is 0. The highest BCUT2D eigenvalue weighted by Crippen LogP contribution is 2.44. The lowest BCUT2D eigenvalue weighted by Crippen LogP contribution is -1.96. The lowest BCUT2D eigenvalue weighted by molar-refractivity contribution is 1.27. The normalized spacial score (nSPS) is 11.4. The van der Waals surface area contributed by atoms with Crippen molar-refractivity contribution < 1.29 is 0 Å². The number of para-hydroxylation sites is 1. The van der Waals surface area contributed by atoms with E-state index in [-0.39, 0.29) is 0 Å². The predicted octanol–water partition coefficient (Wildman–Crippen LogP) is 19.1. The summed E-state index contributed by atoms with van der Waals surface area (Å²) in [4.78, 5) is 15.3. The van der Waals surface area contributed by atoms with E-state index >= 15 is 0 Å². The molecule has 0 amide bonds. The molecule has 14 rings (SSSR count). The molecule has 4 nitrogen and oxygen atoms in total. The molecule has 0 saturated heterocycles. The first-order valence-corrected chi connectivity index (χ1v) is 26.1. The number of imidazole rings is 1. The Morgan fingerprint density at radius 1 is 0.221 bits per heavy atom. The van der Waals surface area contributed by atoms with Crippen LogP contribution in [0.2, 0.25) is 0 Å². The molecular weight excluding hydrogens is 933 g/mol. The third kappa shape index (κ3) is 8.45. The summed E-state index contributed by atoms with van der Waals surface area (Å²) in [5.41, 5.74) is 23.9. The van der Waals surface area contributed by atoms with Crippen LogP contribution in [0.15, 0.2) is 292 Å². The molecule has 0 unspecified atom stereocenters. The highest BCUT2D eigenvalue weighted by atomic mass is 15.0. The van der Waals surface area contributed by atoms with Crippen LogP contribution >= 0.6 is 0 Å². The summed E-state index contributed by atoms with van der Waals surface area (Å²) in [5, 5.41) is 3.51. The number of nitrogens with zero attached hydrogens (tertiary/aromatic N) is 4. The first-order valence-electron chi connectivity index (χ1n) is 26.1. The molecule has 0 fully saturated rings. The van der Waals surface area contributed by atoms with Gasteiger partial charge in [-0.2, -0.15) is 0 Å². The predicted molar refractivity (Wildman–Crippen MR) is 320 cm³/mol. The third-order valence-corrected chi connectivity index (χ3v) is 15.0. The molecule has 0 atom stereocenters. The molecular formula is C73H48N4. The van der Waals surface area contributed by atoms with Crippen molar-refractivity contribution in [2.75, 3.05) is 0 Å². The van der Waals surface area contributed by atoms with Crippen molar-refractivity contribution in [3.63, 3.8) is 0 Å². The van der Waals surface area contributed by atoms with Crippen LogP contribution in [0.5, 0.6) is 0 Å². The molecule has 4 heterocycles. The highest BCUT2D eigenvalue weighted by molar-refractivity contribution is 6.12. The first-order chi connectivity index (χ1) is 38.2. The smallest absolute Gasteiger partial charge is 0.145 e. The number of pyridine rings is 3. The van der Waals surface area contributed by atoms with Gasteiger partial charge in [0.25, 0.3) is 0 Å². The van der Waals surface area contributed by atoms with E-state index in [1.165, 1.54) is 27.5 Å². The van der Waals surface area contributed by atoms with Crippen LogP contribution in [0, 0.1) is 0 Å². The van der Waals surface area contributed by atoms with E-state index in [0.717, 1.165) is 112 Å². The third-order valence-electron chi connectivity index (χ3n) is 15.0. The minimum atomic E-state index is 0.922. The molecule has 0 aliphatic rings. The number of hydrogen-bond acceptors (Lipinski definition) is 3. The standard InChI is InChI=1S/C73H48N4/c1-3-18-49(19-4-1)50-34-36-51(37-35-50)53-22-17-23-54(42-53)70-41-39-56(47-75-70)61-25-8-10-27-63(61)58-43-57(62-26-9-7-24-60(62)55-38-40-69(74-46-55)52-20-5-2-6-21-52)44-59(45-58)64-28-11-13-30-66(64)72-48-76-73-68-32-14-12-29-65(68)67-31-15-16-33-71(67)77(72)73/h1-48H. The first kappa shape index (κ1) is 45.3. The van der Waals surface area contributed by atoms with Crippen LogP contribution in [0.4, 0.5) is 0 Å². The van der Waals surface area contributed by atoms with Crippen LogP contribution in [0.1, 0.15) is 0 Å². The fraction of sp³-hybridized carbons (Fsp3) is 0. The summed E-state index contributed by atoms with van der Waals surface area (Å²) in [6, 6.07) is 97.6. The highest BCUT2D eigenvalue weighted by Gasteiger charge is 2.20. The number of benzene rings is 10. The minimum absolute atomic E-state index is 0.922. The Morgan fingerprint density at radius 3 is 1.18 bits per heavy atom. The van der Waals surface area contributed by atoms with E-state index in [2.05, 4.69) is 271 Å². The van der Waals surface area contributed by atoms with E-state index in [1.807, 2.05) is 24.7 Å². The molecule has 14 aromatic rings. The Hall–Kier alpha value is -10.3. The molecule has 0 aliphatic heterocycles. The van der Waals surface area contributed by atoms with Gasteiger partial charge in [0.1, 0.15) is 5.65 Å². The van der Waals surface area contributed by atoms with Crippen molar-refractivity contribution in [3.05, 3.63) is 292 Å². The fourth-order valence-corrected chi connectivity index (χ4v) is 11.2. The maximum absolute atomic E-state index is 5.16. The Morgan fingerprint density at radius 2 is 0.610 bits per heavy atom. The molecule has 0 saturated carbocycles. The van der Waals surface area contributed by atoms with Gasteiger partial charge in [-0.3, -0.25) is 14.4 Å². The molecule has 0 aliphatic carbocycles. The Kier molecular flexibility index (Phi) is 11.5. The molecule has 0 radical (unpaired) electrons. The van der Waals surface area contributed by atoms with Crippen LogP contribution < -0.4 is 0 Å². The average Bonchev–Trinajstić information content (AvgIpc) is 3.98. The summed E-state index contributed by atoms with van der Waals surface area (Å²) in [7, 11) is 0. The van der Waals surface area contributed by atoms with Crippen LogP contribution in [-0.4, -0.2) is 19.4 Å². The summed E-state index contributed by atoms with van der Waals surface area (Å²) in [6.07, 6.45) is 6.08. The van der Waals surface area contributed by atoms with Gasteiger partial charge in [0.15, 0.2) is 0 Å². The van der Waals surface area contributed by atoms with Gasteiger partial charge in [0.2, 0.25) is 0 Å². The Labute approximate surface area is 447 Å². The summed E-state index contributed by atoms with van der Waals surface area (Å²) in [5.74, 6) is 0. The average molecular weight is 981 g/mol. The maximum Gasteiger partial charge on any atom is 0.145 e. The second-order valence-electron chi connectivity index (χ2n) is 19.6. The maximum atomic E-state index is 5.16. The van der Waals surface area contributed by atoms with Gasteiger partial charge in [0.05, 0.1) is 28.8 Å².